The number of rotatable bonds is 6. The second-order valence-corrected chi connectivity index (χ2v) is 7.11. The number of nitrogens with zero attached hydrogens (tertiary/aromatic N) is 7. The lowest BCUT2D eigenvalue weighted by molar-refractivity contribution is -0.132. The largest absolute Gasteiger partial charge is 0.334 e. The zero-order valence-electron chi connectivity index (χ0n) is 15.0. The molecule has 1 atom stereocenters. The van der Waals surface area contributed by atoms with Crippen molar-refractivity contribution in [1.29, 1.82) is 0 Å². The average Bonchev–Trinajstić information content (AvgIpc) is 3.41. The van der Waals surface area contributed by atoms with E-state index in [9.17, 15) is 4.79 Å². The number of aromatic nitrogens is 5. The molecular formula is C18H25N7O. The molecule has 0 spiro atoms. The molecule has 2 aliphatic rings. The SMILES string of the molecule is O=C(CCn1cnnn1)N1CCC[C@H]1c1cccc(CN2CCCC2)n1. The summed E-state index contributed by atoms with van der Waals surface area (Å²) in [5.41, 5.74) is 2.13. The normalized spacial score (nSPS) is 20.8. The maximum atomic E-state index is 12.7. The molecule has 4 heterocycles. The summed E-state index contributed by atoms with van der Waals surface area (Å²) in [6, 6.07) is 6.33. The van der Waals surface area contributed by atoms with Crippen LogP contribution in [0.2, 0.25) is 0 Å². The predicted molar refractivity (Wildman–Crippen MR) is 94.9 cm³/mol. The van der Waals surface area contributed by atoms with Gasteiger partial charge in [-0.3, -0.25) is 14.7 Å². The molecule has 8 nitrogen and oxygen atoms in total. The Morgan fingerprint density at radius 2 is 2.04 bits per heavy atom. The highest BCUT2D eigenvalue weighted by molar-refractivity contribution is 5.76. The summed E-state index contributed by atoms with van der Waals surface area (Å²) in [6.45, 7) is 4.55. The second kappa shape index (κ2) is 7.90. The summed E-state index contributed by atoms with van der Waals surface area (Å²) in [6.07, 6.45) is 6.53. The summed E-state index contributed by atoms with van der Waals surface area (Å²) in [4.78, 5) is 22.0. The molecule has 4 rings (SSSR count). The molecular weight excluding hydrogens is 330 g/mol. The van der Waals surface area contributed by atoms with Crippen LogP contribution >= 0.6 is 0 Å². The minimum absolute atomic E-state index is 0.0925. The first kappa shape index (κ1) is 17.1. The molecule has 1 amide bonds. The standard InChI is InChI=1S/C18H25N7O/c26-18(8-12-24-14-19-21-22-24)25-11-4-7-17(25)16-6-3-5-15(20-16)13-23-9-1-2-10-23/h3,5-6,14,17H,1-2,4,7-13H2/t17-/m0/s1. The van der Waals surface area contributed by atoms with E-state index in [1.165, 1.54) is 19.2 Å². The van der Waals surface area contributed by atoms with Crippen LogP contribution in [0.15, 0.2) is 24.5 Å². The number of likely N-dealkylation sites (tertiary alicyclic amines) is 2. The number of carbonyl (C=O) groups is 1. The highest BCUT2D eigenvalue weighted by atomic mass is 16.2. The summed E-state index contributed by atoms with van der Waals surface area (Å²) in [7, 11) is 0. The zero-order valence-corrected chi connectivity index (χ0v) is 15.0. The lowest BCUT2D eigenvalue weighted by atomic mass is 10.1. The van der Waals surface area contributed by atoms with E-state index in [0.717, 1.165) is 50.4 Å². The van der Waals surface area contributed by atoms with Gasteiger partial charge in [0.2, 0.25) is 5.91 Å². The fraction of sp³-hybridized carbons (Fsp3) is 0.611. The zero-order chi connectivity index (χ0) is 17.8. The van der Waals surface area contributed by atoms with Crippen LogP contribution in [0.1, 0.15) is 49.5 Å². The number of pyridine rings is 1. The molecule has 0 saturated carbocycles. The summed E-state index contributed by atoms with van der Waals surface area (Å²) in [5.74, 6) is 0.148. The first-order valence-electron chi connectivity index (χ1n) is 9.48. The first-order valence-corrected chi connectivity index (χ1v) is 9.48. The molecule has 26 heavy (non-hydrogen) atoms. The maximum absolute atomic E-state index is 12.7. The quantitative estimate of drug-likeness (QED) is 0.780. The van der Waals surface area contributed by atoms with Gasteiger partial charge in [0.05, 0.1) is 24.0 Å². The minimum Gasteiger partial charge on any atom is -0.334 e. The molecule has 0 radical (unpaired) electrons. The van der Waals surface area contributed by atoms with Crippen LogP contribution in [0.4, 0.5) is 0 Å². The van der Waals surface area contributed by atoms with E-state index in [1.54, 1.807) is 4.68 Å². The van der Waals surface area contributed by atoms with Crippen molar-refractivity contribution in [1.82, 2.24) is 35.0 Å². The van der Waals surface area contributed by atoms with E-state index in [1.807, 2.05) is 4.90 Å². The molecule has 0 N–H and O–H groups in total. The molecule has 0 bridgehead atoms. The van der Waals surface area contributed by atoms with Crippen LogP contribution in [0.5, 0.6) is 0 Å². The third-order valence-electron chi connectivity index (χ3n) is 5.27. The maximum Gasteiger partial charge on any atom is 0.225 e. The van der Waals surface area contributed by atoms with Crippen molar-refractivity contribution in [3.63, 3.8) is 0 Å². The number of hydrogen-bond acceptors (Lipinski definition) is 6. The minimum atomic E-state index is 0.0925. The van der Waals surface area contributed by atoms with Gasteiger partial charge in [-0.15, -0.1) is 5.10 Å². The van der Waals surface area contributed by atoms with Crippen LogP contribution < -0.4 is 0 Å². The molecule has 138 valence electrons. The number of carbonyl (C=O) groups excluding carboxylic acids is 1. The smallest absolute Gasteiger partial charge is 0.225 e. The van der Waals surface area contributed by atoms with Gasteiger partial charge >= 0.3 is 0 Å². The topological polar surface area (TPSA) is 80.0 Å². The Kier molecular flexibility index (Phi) is 5.19. The third kappa shape index (κ3) is 3.90. The molecule has 2 aromatic heterocycles. The van der Waals surface area contributed by atoms with E-state index < -0.39 is 0 Å². The average molecular weight is 355 g/mol. The third-order valence-corrected chi connectivity index (χ3v) is 5.27. The van der Waals surface area contributed by atoms with Crippen LogP contribution in [0.3, 0.4) is 0 Å². The molecule has 2 aromatic rings. The second-order valence-electron chi connectivity index (χ2n) is 7.11. The number of tetrazole rings is 1. The molecule has 0 aliphatic carbocycles. The molecule has 0 unspecified atom stereocenters. The molecule has 8 heteroatoms. The highest BCUT2D eigenvalue weighted by Gasteiger charge is 2.30. The molecule has 2 saturated heterocycles. The van der Waals surface area contributed by atoms with E-state index in [-0.39, 0.29) is 11.9 Å². The molecule has 0 aromatic carbocycles. The Morgan fingerprint density at radius 1 is 1.15 bits per heavy atom. The Hall–Kier alpha value is -2.35. The van der Waals surface area contributed by atoms with Gasteiger partial charge in [0.15, 0.2) is 0 Å². The summed E-state index contributed by atoms with van der Waals surface area (Å²) in [5, 5.41) is 11.0. The van der Waals surface area contributed by atoms with Gasteiger partial charge in [0, 0.05) is 19.5 Å². The Bertz CT molecular complexity index is 727. The van der Waals surface area contributed by atoms with Crippen molar-refractivity contribution < 1.29 is 4.79 Å². The van der Waals surface area contributed by atoms with Crippen molar-refractivity contribution in [3.05, 3.63) is 35.9 Å². The molecule has 2 fully saturated rings. The van der Waals surface area contributed by atoms with E-state index in [2.05, 4.69) is 38.6 Å². The van der Waals surface area contributed by atoms with E-state index >= 15 is 0 Å². The number of hydrogen-bond donors (Lipinski definition) is 0. The van der Waals surface area contributed by atoms with Gasteiger partial charge in [-0.1, -0.05) is 6.07 Å². The van der Waals surface area contributed by atoms with E-state index in [0.29, 0.717) is 13.0 Å². The van der Waals surface area contributed by atoms with Gasteiger partial charge < -0.3 is 4.90 Å². The lowest BCUT2D eigenvalue weighted by Gasteiger charge is -2.25. The lowest BCUT2D eigenvalue weighted by Crippen LogP contribution is -2.32. The van der Waals surface area contributed by atoms with E-state index in [4.69, 9.17) is 4.98 Å². The Morgan fingerprint density at radius 3 is 2.85 bits per heavy atom. The van der Waals surface area contributed by atoms with Crippen LogP contribution in [0, 0.1) is 0 Å². The van der Waals surface area contributed by atoms with Crippen LogP contribution in [0.25, 0.3) is 0 Å². The predicted octanol–water partition coefficient (Wildman–Crippen LogP) is 1.42. The Balaban J connectivity index is 1.41. The monoisotopic (exact) mass is 355 g/mol. The highest BCUT2D eigenvalue weighted by Crippen LogP contribution is 2.31. The van der Waals surface area contributed by atoms with Crippen molar-refractivity contribution in [2.75, 3.05) is 19.6 Å². The van der Waals surface area contributed by atoms with Gasteiger partial charge in [0.1, 0.15) is 6.33 Å². The van der Waals surface area contributed by atoms with Gasteiger partial charge in [-0.05, 0) is 61.3 Å². The summed E-state index contributed by atoms with van der Waals surface area (Å²) >= 11 is 0. The summed E-state index contributed by atoms with van der Waals surface area (Å²) < 4.78 is 1.60. The molecule has 2 aliphatic heterocycles. The first-order chi connectivity index (χ1) is 12.8. The van der Waals surface area contributed by atoms with Gasteiger partial charge in [0.25, 0.3) is 0 Å². The fourth-order valence-electron chi connectivity index (χ4n) is 3.95. The van der Waals surface area contributed by atoms with Gasteiger partial charge in [-0.25, -0.2) is 4.68 Å². The van der Waals surface area contributed by atoms with Crippen LogP contribution in [-0.4, -0.2) is 60.5 Å². The Labute approximate surface area is 153 Å². The van der Waals surface area contributed by atoms with Crippen molar-refractivity contribution in [3.8, 4) is 0 Å². The van der Waals surface area contributed by atoms with Crippen molar-refractivity contribution in [2.24, 2.45) is 0 Å². The number of aryl methyl sites for hydroxylation is 1. The van der Waals surface area contributed by atoms with Gasteiger partial charge in [-0.2, -0.15) is 0 Å². The fourth-order valence-corrected chi connectivity index (χ4v) is 3.95. The number of amides is 1. The van der Waals surface area contributed by atoms with Crippen molar-refractivity contribution in [2.45, 2.75) is 51.2 Å². The van der Waals surface area contributed by atoms with Crippen LogP contribution in [-0.2, 0) is 17.9 Å². The van der Waals surface area contributed by atoms with Crippen molar-refractivity contribution >= 4 is 5.91 Å².